The molecule has 1 amide bonds. The van der Waals surface area contributed by atoms with Crippen LogP contribution >= 0.6 is 0 Å². The Labute approximate surface area is 135 Å². The van der Waals surface area contributed by atoms with Crippen LogP contribution in [-0.4, -0.2) is 27.0 Å². The predicted octanol–water partition coefficient (Wildman–Crippen LogP) is 2.68. The lowest BCUT2D eigenvalue weighted by atomic mass is 10.3. The predicted molar refractivity (Wildman–Crippen MR) is 79.1 cm³/mol. The van der Waals surface area contributed by atoms with Crippen LogP contribution in [0, 0.1) is 6.92 Å². The van der Waals surface area contributed by atoms with Gasteiger partial charge in [0.05, 0.1) is 4.90 Å². The van der Waals surface area contributed by atoms with Crippen LogP contribution in [0.1, 0.15) is 16.3 Å². The molecule has 0 saturated carbocycles. The summed E-state index contributed by atoms with van der Waals surface area (Å²) >= 11 is 0. The minimum absolute atomic E-state index is 0.0797. The average molecular weight is 362 g/mol. The molecule has 0 bridgehead atoms. The Morgan fingerprint density at radius 1 is 1.12 bits per heavy atom. The van der Waals surface area contributed by atoms with Crippen LogP contribution < -0.4 is 10.0 Å². The molecular weight excluding hydrogens is 349 g/mol. The SMILES string of the molecule is Cc1ccc(C(=O)Nc2ccc(S(=O)(=O)NCC(F)(F)F)cc2)o1. The third-order valence-corrected chi connectivity index (χ3v) is 4.27. The summed E-state index contributed by atoms with van der Waals surface area (Å²) in [6, 6.07) is 7.77. The van der Waals surface area contributed by atoms with Gasteiger partial charge in [-0.15, -0.1) is 0 Å². The van der Waals surface area contributed by atoms with E-state index in [1.165, 1.54) is 22.9 Å². The molecule has 2 N–H and O–H groups in total. The Balaban J connectivity index is 2.06. The van der Waals surface area contributed by atoms with E-state index < -0.39 is 28.7 Å². The molecule has 0 aliphatic carbocycles. The number of nitrogens with one attached hydrogen (secondary N) is 2. The number of hydrogen-bond donors (Lipinski definition) is 2. The van der Waals surface area contributed by atoms with Crippen LogP contribution in [-0.2, 0) is 10.0 Å². The van der Waals surface area contributed by atoms with Gasteiger partial charge in [0.15, 0.2) is 5.76 Å². The second-order valence-electron chi connectivity index (χ2n) is 4.83. The standard InChI is InChI=1S/C14H13F3N2O4S/c1-9-2-7-12(23-9)13(20)19-10-3-5-11(6-4-10)24(21,22)18-8-14(15,16)17/h2-7,18H,8H2,1H3,(H,19,20). The lowest BCUT2D eigenvalue weighted by molar-refractivity contribution is -0.121. The van der Waals surface area contributed by atoms with Crippen molar-refractivity contribution >= 4 is 21.6 Å². The Morgan fingerprint density at radius 2 is 1.75 bits per heavy atom. The van der Waals surface area contributed by atoms with Crippen LogP contribution in [0.2, 0.25) is 0 Å². The van der Waals surface area contributed by atoms with Crippen molar-refractivity contribution in [3.63, 3.8) is 0 Å². The van der Waals surface area contributed by atoms with Gasteiger partial charge < -0.3 is 9.73 Å². The minimum Gasteiger partial charge on any atom is -0.456 e. The summed E-state index contributed by atoms with van der Waals surface area (Å²) in [7, 11) is -4.29. The molecule has 6 nitrogen and oxygen atoms in total. The largest absolute Gasteiger partial charge is 0.456 e. The highest BCUT2D eigenvalue weighted by Crippen LogP contribution is 2.18. The fourth-order valence-electron chi connectivity index (χ4n) is 1.73. The number of halogens is 3. The zero-order chi connectivity index (χ0) is 18.0. The lowest BCUT2D eigenvalue weighted by Gasteiger charge is -2.10. The van der Waals surface area contributed by atoms with Gasteiger partial charge in [-0.25, -0.2) is 13.1 Å². The van der Waals surface area contributed by atoms with E-state index in [0.29, 0.717) is 5.76 Å². The molecule has 10 heteroatoms. The number of alkyl halides is 3. The monoisotopic (exact) mass is 362 g/mol. The first-order valence-electron chi connectivity index (χ1n) is 6.61. The summed E-state index contributed by atoms with van der Waals surface area (Å²) < 4.78 is 66.3. The summed E-state index contributed by atoms with van der Waals surface area (Å²) in [5.41, 5.74) is 0.267. The Bertz CT molecular complexity index is 826. The maximum Gasteiger partial charge on any atom is 0.402 e. The van der Waals surface area contributed by atoms with Crippen LogP contribution in [0.4, 0.5) is 18.9 Å². The highest BCUT2D eigenvalue weighted by molar-refractivity contribution is 7.89. The minimum atomic E-state index is -4.65. The van der Waals surface area contributed by atoms with E-state index in [1.807, 2.05) is 0 Å². The number of sulfonamides is 1. The number of carbonyl (C=O) groups excluding carboxylic acids is 1. The number of benzene rings is 1. The van der Waals surface area contributed by atoms with E-state index in [1.54, 1.807) is 13.0 Å². The molecule has 0 radical (unpaired) electrons. The highest BCUT2D eigenvalue weighted by Gasteiger charge is 2.30. The normalized spacial score (nSPS) is 12.2. The van der Waals surface area contributed by atoms with E-state index in [9.17, 15) is 26.4 Å². The molecular formula is C14H13F3N2O4S. The van der Waals surface area contributed by atoms with Gasteiger partial charge in [0.2, 0.25) is 10.0 Å². The van der Waals surface area contributed by atoms with Crippen LogP contribution in [0.15, 0.2) is 45.7 Å². The first-order chi connectivity index (χ1) is 11.1. The highest BCUT2D eigenvalue weighted by atomic mass is 32.2. The third kappa shape index (κ3) is 4.83. The summed E-state index contributed by atoms with van der Waals surface area (Å²) in [5, 5.41) is 2.48. The lowest BCUT2D eigenvalue weighted by Crippen LogP contribution is -2.33. The molecule has 0 saturated heterocycles. The molecule has 1 aromatic heterocycles. The first-order valence-corrected chi connectivity index (χ1v) is 8.09. The van der Waals surface area contributed by atoms with Crippen molar-refractivity contribution in [3.05, 3.63) is 47.9 Å². The van der Waals surface area contributed by atoms with E-state index in [4.69, 9.17) is 4.42 Å². The van der Waals surface area contributed by atoms with Crippen LogP contribution in [0.25, 0.3) is 0 Å². The van der Waals surface area contributed by atoms with Gasteiger partial charge in [-0.05, 0) is 43.3 Å². The number of anilines is 1. The summed E-state index contributed by atoms with van der Waals surface area (Å²) in [4.78, 5) is 11.5. The second-order valence-corrected chi connectivity index (χ2v) is 6.60. The number of furan rings is 1. The van der Waals surface area contributed by atoms with Gasteiger partial charge in [0.25, 0.3) is 5.91 Å². The maximum absolute atomic E-state index is 12.1. The smallest absolute Gasteiger partial charge is 0.402 e. The molecule has 2 aromatic rings. The second kappa shape index (κ2) is 6.65. The molecule has 130 valence electrons. The van der Waals surface area contributed by atoms with Gasteiger partial charge in [-0.1, -0.05) is 0 Å². The van der Waals surface area contributed by atoms with Crippen molar-refractivity contribution in [1.29, 1.82) is 0 Å². The molecule has 1 aromatic carbocycles. The van der Waals surface area contributed by atoms with E-state index >= 15 is 0 Å². The van der Waals surface area contributed by atoms with Crippen molar-refractivity contribution in [2.75, 3.05) is 11.9 Å². The Kier molecular flexibility index (Phi) is 4.99. The zero-order valence-electron chi connectivity index (χ0n) is 12.3. The Hall–Kier alpha value is -2.33. The van der Waals surface area contributed by atoms with E-state index in [-0.39, 0.29) is 16.3 Å². The summed E-state index contributed by atoms with van der Waals surface area (Å²) in [5.74, 6) is 0.0993. The average Bonchev–Trinajstić information content (AvgIpc) is 2.92. The zero-order valence-corrected chi connectivity index (χ0v) is 13.2. The number of amides is 1. The van der Waals surface area contributed by atoms with Crippen molar-refractivity contribution in [3.8, 4) is 0 Å². The van der Waals surface area contributed by atoms with Crippen molar-refractivity contribution in [2.45, 2.75) is 18.0 Å². The molecule has 0 spiro atoms. The quantitative estimate of drug-likeness (QED) is 0.856. The number of carbonyl (C=O) groups is 1. The summed E-state index contributed by atoms with van der Waals surface area (Å²) in [6.45, 7) is 0.00997. The third-order valence-electron chi connectivity index (χ3n) is 2.85. The van der Waals surface area contributed by atoms with E-state index in [2.05, 4.69) is 5.32 Å². The van der Waals surface area contributed by atoms with Gasteiger partial charge in [0, 0.05) is 5.69 Å². The van der Waals surface area contributed by atoms with Crippen molar-refractivity contribution in [1.82, 2.24) is 4.72 Å². The van der Waals surface area contributed by atoms with Crippen LogP contribution in [0.5, 0.6) is 0 Å². The molecule has 0 fully saturated rings. The van der Waals surface area contributed by atoms with Gasteiger partial charge in [-0.3, -0.25) is 4.79 Å². The van der Waals surface area contributed by atoms with Gasteiger partial charge in [-0.2, -0.15) is 13.2 Å². The molecule has 0 unspecified atom stereocenters. The number of aryl methyl sites for hydroxylation is 1. The summed E-state index contributed by atoms with van der Waals surface area (Å²) in [6.07, 6.45) is -4.65. The molecule has 0 aliphatic rings. The first kappa shape index (κ1) is 18.0. The fraction of sp³-hybridized carbons (Fsp3) is 0.214. The van der Waals surface area contributed by atoms with Gasteiger partial charge >= 0.3 is 6.18 Å². The Morgan fingerprint density at radius 3 is 2.25 bits per heavy atom. The molecule has 24 heavy (non-hydrogen) atoms. The van der Waals surface area contributed by atoms with Gasteiger partial charge in [0.1, 0.15) is 12.3 Å². The fourth-order valence-corrected chi connectivity index (χ4v) is 2.74. The van der Waals surface area contributed by atoms with Crippen molar-refractivity contribution in [2.24, 2.45) is 0 Å². The topological polar surface area (TPSA) is 88.4 Å². The van der Waals surface area contributed by atoms with E-state index in [0.717, 1.165) is 12.1 Å². The molecule has 2 rings (SSSR count). The molecule has 0 aliphatic heterocycles. The number of rotatable bonds is 5. The number of hydrogen-bond acceptors (Lipinski definition) is 4. The van der Waals surface area contributed by atoms with Crippen molar-refractivity contribution < 1.29 is 30.8 Å². The molecule has 1 heterocycles. The molecule has 0 atom stereocenters. The van der Waals surface area contributed by atoms with Crippen LogP contribution in [0.3, 0.4) is 0 Å². The maximum atomic E-state index is 12.1.